The maximum Gasteiger partial charge on any atom is 0.340 e. The zero-order chi connectivity index (χ0) is 13.7. The predicted molar refractivity (Wildman–Crippen MR) is 69.9 cm³/mol. The summed E-state index contributed by atoms with van der Waals surface area (Å²) in [5.41, 5.74) is 10.4. The number of carbonyl (C=O) groups is 1. The summed E-state index contributed by atoms with van der Waals surface area (Å²) in [6.07, 6.45) is 0. The van der Waals surface area contributed by atoms with Gasteiger partial charge in [-0.15, -0.1) is 0 Å². The first kappa shape index (κ1) is 14.1. The molecule has 0 unspecified atom stereocenters. The lowest BCUT2D eigenvalue weighted by molar-refractivity contribution is -0.136. The number of methoxy groups -OCH3 is 1. The fraction of sp³-hybridized carbons (Fsp3) is 0.250. The number of aryl methyl sites for hydroxylation is 1. The zero-order valence-corrected chi connectivity index (χ0v) is 11.0. The average Bonchev–Trinajstić information content (AvgIpc) is 2.37. The van der Waals surface area contributed by atoms with Crippen LogP contribution in [-0.4, -0.2) is 13.1 Å². The Labute approximate surface area is 110 Å². The number of allylic oxidation sites excluding steroid dienone is 1. The van der Waals surface area contributed by atoms with Crippen molar-refractivity contribution in [1.82, 2.24) is 0 Å². The third kappa shape index (κ3) is 2.83. The highest BCUT2D eigenvalue weighted by atomic mass is 35.5. The topological polar surface area (TPSA) is 75.1 Å². The first-order valence-corrected chi connectivity index (χ1v) is 5.50. The van der Waals surface area contributed by atoms with Crippen LogP contribution in [0.5, 0.6) is 0 Å². The SMILES string of the molecule is COC(=O)/C(N=[N+]=[N-])=C(\C)c1cccc(C)c1Cl. The Hall–Kier alpha value is -1.97. The van der Waals surface area contributed by atoms with E-state index in [4.69, 9.17) is 17.1 Å². The van der Waals surface area contributed by atoms with E-state index in [9.17, 15) is 4.79 Å². The molecule has 0 aliphatic heterocycles. The second-order valence-corrected chi connectivity index (χ2v) is 3.97. The molecule has 0 amide bonds. The molecule has 0 spiro atoms. The van der Waals surface area contributed by atoms with Crippen LogP contribution in [0.4, 0.5) is 0 Å². The van der Waals surface area contributed by atoms with E-state index in [1.165, 1.54) is 7.11 Å². The monoisotopic (exact) mass is 265 g/mol. The molecular formula is C12H12ClN3O2. The molecule has 1 aromatic rings. The van der Waals surface area contributed by atoms with E-state index in [1.807, 2.05) is 19.1 Å². The normalized spacial score (nSPS) is 11.3. The fourth-order valence-electron chi connectivity index (χ4n) is 1.47. The minimum Gasteiger partial charge on any atom is -0.466 e. The van der Waals surface area contributed by atoms with Gasteiger partial charge in [-0.25, -0.2) is 4.79 Å². The lowest BCUT2D eigenvalue weighted by Crippen LogP contribution is -2.04. The molecule has 5 nitrogen and oxygen atoms in total. The molecule has 94 valence electrons. The van der Waals surface area contributed by atoms with Crippen molar-refractivity contribution in [2.24, 2.45) is 5.11 Å². The van der Waals surface area contributed by atoms with Gasteiger partial charge in [-0.2, -0.15) is 0 Å². The van der Waals surface area contributed by atoms with Gasteiger partial charge >= 0.3 is 5.97 Å². The van der Waals surface area contributed by atoms with Crippen molar-refractivity contribution in [2.45, 2.75) is 13.8 Å². The molecule has 0 saturated carbocycles. The van der Waals surface area contributed by atoms with Gasteiger partial charge in [0.1, 0.15) is 5.70 Å². The van der Waals surface area contributed by atoms with Crippen molar-refractivity contribution >= 4 is 23.1 Å². The number of ether oxygens (including phenoxy) is 1. The summed E-state index contributed by atoms with van der Waals surface area (Å²) < 4.78 is 4.57. The van der Waals surface area contributed by atoms with Crippen LogP contribution in [0.2, 0.25) is 5.02 Å². The van der Waals surface area contributed by atoms with Gasteiger partial charge in [0.05, 0.1) is 12.1 Å². The van der Waals surface area contributed by atoms with Crippen molar-refractivity contribution < 1.29 is 9.53 Å². The van der Waals surface area contributed by atoms with E-state index in [2.05, 4.69) is 14.8 Å². The van der Waals surface area contributed by atoms with E-state index in [0.29, 0.717) is 16.2 Å². The Morgan fingerprint density at radius 3 is 2.72 bits per heavy atom. The minimum atomic E-state index is -0.692. The van der Waals surface area contributed by atoms with Crippen molar-refractivity contribution in [3.8, 4) is 0 Å². The lowest BCUT2D eigenvalue weighted by atomic mass is 10.0. The van der Waals surface area contributed by atoms with Crippen LogP contribution < -0.4 is 0 Å². The fourth-order valence-corrected chi connectivity index (χ4v) is 1.74. The third-order valence-corrected chi connectivity index (χ3v) is 2.98. The molecule has 0 aliphatic carbocycles. The average molecular weight is 266 g/mol. The van der Waals surface area contributed by atoms with E-state index < -0.39 is 5.97 Å². The lowest BCUT2D eigenvalue weighted by Gasteiger charge is -2.09. The maximum absolute atomic E-state index is 11.5. The molecular weight excluding hydrogens is 254 g/mol. The number of esters is 1. The number of carbonyl (C=O) groups excluding carboxylic acids is 1. The van der Waals surface area contributed by atoms with Gasteiger partial charge in [-0.05, 0) is 36.1 Å². The molecule has 0 saturated heterocycles. The zero-order valence-electron chi connectivity index (χ0n) is 10.3. The van der Waals surface area contributed by atoms with Crippen LogP contribution >= 0.6 is 11.6 Å². The van der Waals surface area contributed by atoms with Crippen LogP contribution in [-0.2, 0) is 9.53 Å². The largest absolute Gasteiger partial charge is 0.466 e. The third-order valence-electron chi connectivity index (χ3n) is 2.47. The number of halogens is 1. The Morgan fingerprint density at radius 2 is 2.17 bits per heavy atom. The van der Waals surface area contributed by atoms with Crippen LogP contribution in [0.15, 0.2) is 29.0 Å². The Bertz CT molecular complexity index is 560. The molecule has 0 atom stereocenters. The molecule has 0 fully saturated rings. The Balaban J connectivity index is 3.48. The summed E-state index contributed by atoms with van der Waals surface area (Å²) >= 11 is 6.16. The molecule has 0 bridgehead atoms. The van der Waals surface area contributed by atoms with Gasteiger partial charge in [-0.3, -0.25) is 0 Å². The second kappa shape index (κ2) is 6.10. The van der Waals surface area contributed by atoms with Crippen LogP contribution in [0.3, 0.4) is 0 Å². The van der Waals surface area contributed by atoms with E-state index in [1.54, 1.807) is 13.0 Å². The van der Waals surface area contributed by atoms with Crippen molar-refractivity contribution in [3.63, 3.8) is 0 Å². The van der Waals surface area contributed by atoms with Crippen molar-refractivity contribution in [3.05, 3.63) is 50.5 Å². The van der Waals surface area contributed by atoms with E-state index in [0.717, 1.165) is 5.56 Å². The molecule has 0 N–H and O–H groups in total. The molecule has 6 heteroatoms. The molecule has 0 heterocycles. The highest BCUT2D eigenvalue weighted by Crippen LogP contribution is 2.29. The standard InChI is InChI=1S/C12H12ClN3O2/c1-7-5-4-6-9(10(7)13)8(2)11(15-16-14)12(17)18-3/h4-6H,1-3H3/b11-8-. The van der Waals surface area contributed by atoms with E-state index in [-0.39, 0.29) is 5.70 Å². The number of rotatable bonds is 3. The van der Waals surface area contributed by atoms with Gasteiger partial charge in [0.15, 0.2) is 0 Å². The minimum absolute atomic E-state index is 0.0903. The van der Waals surface area contributed by atoms with Crippen LogP contribution in [0.1, 0.15) is 18.1 Å². The summed E-state index contributed by atoms with van der Waals surface area (Å²) in [6.45, 7) is 3.51. The van der Waals surface area contributed by atoms with Gasteiger partial charge in [0, 0.05) is 4.91 Å². The first-order chi connectivity index (χ1) is 8.52. The van der Waals surface area contributed by atoms with Gasteiger partial charge in [0.25, 0.3) is 0 Å². The number of hydrogen-bond acceptors (Lipinski definition) is 3. The van der Waals surface area contributed by atoms with Crippen molar-refractivity contribution in [1.29, 1.82) is 0 Å². The summed E-state index contributed by atoms with van der Waals surface area (Å²) in [6, 6.07) is 5.41. The molecule has 18 heavy (non-hydrogen) atoms. The van der Waals surface area contributed by atoms with Gasteiger partial charge < -0.3 is 4.74 Å². The number of hydrogen-bond donors (Lipinski definition) is 0. The summed E-state index contributed by atoms with van der Waals surface area (Å²) in [5.74, 6) is -0.692. The summed E-state index contributed by atoms with van der Waals surface area (Å²) in [4.78, 5) is 14.2. The molecule has 1 aromatic carbocycles. The maximum atomic E-state index is 11.5. The van der Waals surface area contributed by atoms with Gasteiger partial charge in [0.2, 0.25) is 0 Å². The van der Waals surface area contributed by atoms with Gasteiger partial charge in [-0.1, -0.05) is 34.9 Å². The number of benzene rings is 1. The number of azide groups is 1. The van der Waals surface area contributed by atoms with E-state index >= 15 is 0 Å². The van der Waals surface area contributed by atoms with Crippen LogP contribution in [0, 0.1) is 6.92 Å². The predicted octanol–water partition coefficient (Wildman–Crippen LogP) is 3.86. The second-order valence-electron chi connectivity index (χ2n) is 3.59. The summed E-state index contributed by atoms with van der Waals surface area (Å²) in [7, 11) is 1.22. The summed E-state index contributed by atoms with van der Waals surface area (Å²) in [5, 5.41) is 3.89. The quantitative estimate of drug-likeness (QED) is 0.274. The Morgan fingerprint density at radius 1 is 1.50 bits per heavy atom. The first-order valence-electron chi connectivity index (χ1n) is 5.12. The smallest absolute Gasteiger partial charge is 0.340 e. The Kier molecular flexibility index (Phi) is 4.77. The number of nitrogens with zero attached hydrogens (tertiary/aromatic N) is 3. The highest BCUT2D eigenvalue weighted by molar-refractivity contribution is 6.33. The molecule has 1 rings (SSSR count). The van der Waals surface area contributed by atoms with Crippen molar-refractivity contribution in [2.75, 3.05) is 7.11 Å². The molecule has 0 aromatic heterocycles. The van der Waals surface area contributed by atoms with Crippen LogP contribution in [0.25, 0.3) is 16.0 Å². The highest BCUT2D eigenvalue weighted by Gasteiger charge is 2.15. The molecule has 0 radical (unpaired) electrons. The molecule has 0 aliphatic rings.